The van der Waals surface area contributed by atoms with Crippen molar-refractivity contribution in [3.8, 4) is 11.8 Å². The van der Waals surface area contributed by atoms with E-state index in [0.29, 0.717) is 0 Å². The number of nitrogens with zero attached hydrogens (tertiary/aromatic N) is 2. The minimum atomic E-state index is -1.56. The number of nitriles is 1. The van der Waals surface area contributed by atoms with Crippen LogP contribution in [0.25, 0.3) is 0 Å². The number of nitro benzene ring substituents is 1. The fraction of sp³-hybridized carbons (Fsp3) is 0.364. The fourth-order valence-corrected chi connectivity index (χ4v) is 1.61. The van der Waals surface area contributed by atoms with E-state index in [9.17, 15) is 25.4 Å². The maximum atomic E-state index is 10.7. The van der Waals surface area contributed by atoms with Crippen molar-refractivity contribution in [1.82, 2.24) is 0 Å². The van der Waals surface area contributed by atoms with Gasteiger partial charge in [-0.15, -0.1) is 0 Å². The van der Waals surface area contributed by atoms with Crippen LogP contribution in [0.1, 0.15) is 23.7 Å². The number of hydrogen-bond acceptors (Lipinski definition) is 7. The summed E-state index contributed by atoms with van der Waals surface area (Å²) in [4.78, 5) is 9.86. The molecule has 2 atom stereocenters. The summed E-state index contributed by atoms with van der Waals surface area (Å²) in [5.41, 5.74) is 4.15. The van der Waals surface area contributed by atoms with Gasteiger partial charge >= 0.3 is 5.69 Å². The van der Waals surface area contributed by atoms with Crippen molar-refractivity contribution in [3.63, 3.8) is 0 Å². The molecule has 19 heavy (non-hydrogen) atoms. The number of phenolic OH excluding ortho intramolecular Hbond substituents is 1. The summed E-state index contributed by atoms with van der Waals surface area (Å²) < 4.78 is 0. The summed E-state index contributed by atoms with van der Waals surface area (Å²) in [7, 11) is 0. The lowest BCUT2D eigenvalue weighted by Crippen LogP contribution is -2.22. The second-order valence-corrected chi connectivity index (χ2v) is 3.89. The highest BCUT2D eigenvalue weighted by Gasteiger charge is 2.27. The number of hydrogen-bond donors (Lipinski definition) is 4. The molecule has 0 aliphatic rings. The second kappa shape index (κ2) is 6.10. The summed E-state index contributed by atoms with van der Waals surface area (Å²) >= 11 is 0. The zero-order valence-corrected chi connectivity index (χ0v) is 9.85. The number of nitrogens with two attached hydrogens (primary N) is 1. The molecule has 0 bridgehead atoms. The van der Waals surface area contributed by atoms with Gasteiger partial charge in [0.05, 0.1) is 22.7 Å². The first-order valence-electron chi connectivity index (χ1n) is 5.40. The van der Waals surface area contributed by atoms with E-state index in [0.717, 1.165) is 12.1 Å². The summed E-state index contributed by atoms with van der Waals surface area (Å²) in [6, 6.07) is 3.66. The van der Waals surface area contributed by atoms with Crippen molar-refractivity contribution in [1.29, 1.82) is 5.26 Å². The molecule has 0 saturated carbocycles. The van der Waals surface area contributed by atoms with Gasteiger partial charge in [-0.2, -0.15) is 5.26 Å². The standard InChI is InChI=1S/C11H13N3O5/c12-2-1-9(15)11(17)7-3-6(5-13)4-8(10(7)16)14(18)19/h3-4,9,11,15-17H,1-2,12H2. The molecule has 8 heteroatoms. The first-order chi connectivity index (χ1) is 8.92. The number of aliphatic hydroxyl groups is 2. The number of benzene rings is 1. The average molecular weight is 267 g/mol. The minimum Gasteiger partial charge on any atom is -0.502 e. The van der Waals surface area contributed by atoms with Crippen molar-refractivity contribution in [2.75, 3.05) is 6.54 Å². The van der Waals surface area contributed by atoms with E-state index >= 15 is 0 Å². The topological polar surface area (TPSA) is 154 Å². The molecule has 0 heterocycles. The van der Waals surface area contributed by atoms with Crippen LogP contribution in [-0.4, -0.2) is 32.9 Å². The van der Waals surface area contributed by atoms with Gasteiger partial charge in [0.2, 0.25) is 0 Å². The SMILES string of the molecule is N#Cc1cc(C(O)C(O)CCN)c(O)c([N+](=O)[O-])c1. The molecule has 0 spiro atoms. The average Bonchev–Trinajstić information content (AvgIpc) is 2.38. The van der Waals surface area contributed by atoms with Gasteiger partial charge in [-0.3, -0.25) is 10.1 Å². The predicted molar refractivity (Wildman–Crippen MR) is 64.1 cm³/mol. The molecule has 102 valence electrons. The molecular formula is C11H13N3O5. The van der Waals surface area contributed by atoms with E-state index in [1.54, 1.807) is 6.07 Å². The molecule has 0 aliphatic heterocycles. The Kier molecular flexibility index (Phi) is 4.77. The van der Waals surface area contributed by atoms with E-state index in [-0.39, 0.29) is 24.1 Å². The normalized spacial score (nSPS) is 13.6. The Morgan fingerprint density at radius 3 is 2.58 bits per heavy atom. The molecule has 1 rings (SSSR count). The quantitative estimate of drug-likeness (QED) is 0.429. The fourth-order valence-electron chi connectivity index (χ4n) is 1.61. The first kappa shape index (κ1) is 14.8. The van der Waals surface area contributed by atoms with E-state index in [2.05, 4.69) is 0 Å². The zero-order valence-electron chi connectivity index (χ0n) is 9.85. The summed E-state index contributed by atoms with van der Waals surface area (Å²) in [6.07, 6.45) is -2.80. The summed E-state index contributed by atoms with van der Waals surface area (Å²) in [6.45, 7) is 0.0963. The first-order valence-corrected chi connectivity index (χ1v) is 5.40. The molecule has 1 aromatic carbocycles. The van der Waals surface area contributed by atoms with Crippen LogP contribution in [0.15, 0.2) is 12.1 Å². The number of rotatable bonds is 5. The van der Waals surface area contributed by atoms with E-state index in [1.807, 2.05) is 0 Å². The monoisotopic (exact) mass is 267 g/mol. The highest BCUT2D eigenvalue weighted by molar-refractivity contribution is 5.56. The van der Waals surface area contributed by atoms with Crippen molar-refractivity contribution in [2.45, 2.75) is 18.6 Å². The van der Waals surface area contributed by atoms with E-state index in [1.165, 1.54) is 0 Å². The van der Waals surface area contributed by atoms with Crippen LogP contribution < -0.4 is 5.73 Å². The Morgan fingerprint density at radius 1 is 1.47 bits per heavy atom. The number of aromatic hydroxyl groups is 1. The van der Waals surface area contributed by atoms with Crippen LogP contribution in [0.2, 0.25) is 0 Å². The number of phenols is 1. The van der Waals surface area contributed by atoms with Gasteiger partial charge in [-0.25, -0.2) is 0 Å². The molecule has 1 aromatic rings. The van der Waals surface area contributed by atoms with Crippen LogP contribution in [0.3, 0.4) is 0 Å². The summed E-state index contributed by atoms with van der Waals surface area (Å²) in [5.74, 6) is -0.771. The van der Waals surface area contributed by atoms with Gasteiger partial charge in [0.15, 0.2) is 5.75 Å². The molecular weight excluding hydrogens is 254 g/mol. The van der Waals surface area contributed by atoms with Crippen molar-refractivity contribution < 1.29 is 20.2 Å². The molecule has 0 amide bonds. The Balaban J connectivity index is 3.30. The largest absolute Gasteiger partial charge is 0.502 e. The lowest BCUT2D eigenvalue weighted by Gasteiger charge is -2.18. The smallest absolute Gasteiger partial charge is 0.312 e. The van der Waals surface area contributed by atoms with Crippen LogP contribution in [-0.2, 0) is 0 Å². The molecule has 0 aromatic heterocycles. The van der Waals surface area contributed by atoms with Crippen molar-refractivity contribution >= 4 is 5.69 Å². The Labute approximate surface area is 108 Å². The number of nitro groups is 1. The third-order valence-corrected chi connectivity index (χ3v) is 2.59. The summed E-state index contributed by atoms with van der Waals surface area (Å²) in [5, 5.41) is 48.6. The lowest BCUT2D eigenvalue weighted by atomic mass is 9.98. The van der Waals surface area contributed by atoms with Gasteiger partial charge < -0.3 is 21.1 Å². The predicted octanol–water partition coefficient (Wildman–Crippen LogP) is -0.0848. The molecule has 0 saturated heterocycles. The van der Waals surface area contributed by atoms with Crippen molar-refractivity contribution in [3.05, 3.63) is 33.4 Å². The third-order valence-electron chi connectivity index (χ3n) is 2.59. The van der Waals surface area contributed by atoms with Crippen LogP contribution in [0.4, 0.5) is 5.69 Å². The molecule has 8 nitrogen and oxygen atoms in total. The minimum absolute atomic E-state index is 0.0468. The Morgan fingerprint density at radius 2 is 2.11 bits per heavy atom. The Bertz CT molecular complexity index is 526. The zero-order chi connectivity index (χ0) is 14.6. The van der Waals surface area contributed by atoms with Gasteiger partial charge in [0.1, 0.15) is 6.10 Å². The third kappa shape index (κ3) is 3.17. The van der Waals surface area contributed by atoms with Gasteiger partial charge in [0, 0.05) is 11.6 Å². The van der Waals surface area contributed by atoms with Crippen LogP contribution in [0.5, 0.6) is 5.75 Å². The van der Waals surface area contributed by atoms with Crippen molar-refractivity contribution in [2.24, 2.45) is 5.73 Å². The van der Waals surface area contributed by atoms with Gasteiger partial charge in [0.25, 0.3) is 0 Å². The molecule has 0 fully saturated rings. The van der Waals surface area contributed by atoms with Gasteiger partial charge in [-0.05, 0) is 19.0 Å². The van der Waals surface area contributed by atoms with Crippen LogP contribution >= 0.6 is 0 Å². The Hall–Kier alpha value is -2.21. The van der Waals surface area contributed by atoms with Gasteiger partial charge in [-0.1, -0.05) is 0 Å². The van der Waals surface area contributed by atoms with E-state index < -0.39 is 28.6 Å². The van der Waals surface area contributed by atoms with Crippen LogP contribution in [0, 0.1) is 21.4 Å². The van der Waals surface area contributed by atoms with E-state index in [4.69, 9.17) is 11.0 Å². The maximum Gasteiger partial charge on any atom is 0.312 e. The maximum absolute atomic E-state index is 10.7. The highest BCUT2D eigenvalue weighted by Crippen LogP contribution is 2.36. The molecule has 0 radical (unpaired) electrons. The molecule has 0 aliphatic carbocycles. The second-order valence-electron chi connectivity index (χ2n) is 3.89. The molecule has 2 unspecified atom stereocenters. The molecule has 5 N–H and O–H groups in total. The highest BCUT2D eigenvalue weighted by atomic mass is 16.6. The number of aliphatic hydroxyl groups excluding tert-OH is 2. The lowest BCUT2D eigenvalue weighted by molar-refractivity contribution is -0.386.